The molecule has 0 atom stereocenters. The van der Waals surface area contributed by atoms with E-state index in [9.17, 15) is 9.90 Å². The van der Waals surface area contributed by atoms with Gasteiger partial charge in [0.1, 0.15) is 12.0 Å². The predicted molar refractivity (Wildman–Crippen MR) is 95.4 cm³/mol. The Morgan fingerprint density at radius 2 is 1.88 bits per heavy atom. The highest BCUT2D eigenvalue weighted by Crippen LogP contribution is 2.37. The van der Waals surface area contributed by atoms with Crippen molar-refractivity contribution < 1.29 is 14.3 Å². The lowest BCUT2D eigenvalue weighted by Crippen LogP contribution is -2.12. The monoisotopic (exact) mass is 322 g/mol. The van der Waals surface area contributed by atoms with E-state index in [0.717, 1.165) is 36.8 Å². The molecule has 0 amide bonds. The zero-order valence-corrected chi connectivity index (χ0v) is 13.9. The van der Waals surface area contributed by atoms with Crippen LogP contribution in [0, 0.1) is 0 Å². The third kappa shape index (κ3) is 3.21. The molecule has 1 aromatic heterocycles. The van der Waals surface area contributed by atoms with E-state index in [1.807, 2.05) is 30.3 Å². The highest BCUT2D eigenvalue weighted by molar-refractivity contribution is 6.15. The fourth-order valence-corrected chi connectivity index (χ4v) is 3.29. The van der Waals surface area contributed by atoms with Gasteiger partial charge in [-0.15, -0.1) is 0 Å². The van der Waals surface area contributed by atoms with Gasteiger partial charge in [-0.25, -0.2) is 0 Å². The van der Waals surface area contributed by atoms with Crippen LogP contribution in [-0.2, 0) is 4.79 Å². The molecule has 124 valence electrons. The van der Waals surface area contributed by atoms with Gasteiger partial charge in [0, 0.05) is 6.42 Å². The van der Waals surface area contributed by atoms with Gasteiger partial charge in [0.2, 0.25) is 0 Å². The summed E-state index contributed by atoms with van der Waals surface area (Å²) >= 11 is 0. The first-order valence-corrected chi connectivity index (χ1v) is 8.49. The second-order valence-corrected chi connectivity index (χ2v) is 6.06. The standard InChI is InChI=1S/C21H22O3/c1-2-15-8-6-7-11-18(22)20(21(23)17-12-13-24-14-17)19(15)16-9-4-3-5-10-16/h3-5,9-10,12-14,23H,2,6-8,11H2,1H3/b19-15+,21-20?. The minimum atomic E-state index is -0.00166. The molecule has 0 saturated heterocycles. The van der Waals surface area contributed by atoms with Crippen molar-refractivity contribution in [2.45, 2.75) is 39.0 Å². The fraction of sp³-hybridized carbons (Fsp3) is 0.286. The van der Waals surface area contributed by atoms with Crippen molar-refractivity contribution in [2.24, 2.45) is 0 Å². The number of furan rings is 1. The molecule has 3 rings (SSSR count). The molecule has 0 fully saturated rings. The third-order valence-electron chi connectivity index (χ3n) is 4.54. The summed E-state index contributed by atoms with van der Waals surface area (Å²) in [7, 11) is 0. The Hall–Kier alpha value is -2.55. The quantitative estimate of drug-likeness (QED) is 0.595. The molecular weight excluding hydrogens is 300 g/mol. The van der Waals surface area contributed by atoms with Crippen molar-refractivity contribution in [1.29, 1.82) is 0 Å². The van der Waals surface area contributed by atoms with Crippen molar-refractivity contribution in [3.05, 3.63) is 71.2 Å². The first kappa shape index (κ1) is 16.3. The van der Waals surface area contributed by atoms with Crippen LogP contribution in [0.5, 0.6) is 0 Å². The average Bonchev–Trinajstić information content (AvgIpc) is 3.13. The van der Waals surface area contributed by atoms with Gasteiger partial charge in [0.25, 0.3) is 0 Å². The Balaban J connectivity index is 2.28. The van der Waals surface area contributed by atoms with E-state index in [2.05, 4.69) is 6.92 Å². The Bertz CT molecular complexity index is 765. The van der Waals surface area contributed by atoms with Gasteiger partial charge >= 0.3 is 0 Å². The molecule has 1 heterocycles. The molecule has 0 unspecified atom stereocenters. The van der Waals surface area contributed by atoms with E-state index in [1.165, 1.54) is 18.1 Å². The van der Waals surface area contributed by atoms with Crippen molar-refractivity contribution in [3.8, 4) is 0 Å². The number of aliphatic hydroxyl groups excluding tert-OH is 1. The molecule has 1 aliphatic rings. The summed E-state index contributed by atoms with van der Waals surface area (Å²) in [6.07, 6.45) is 7.12. The van der Waals surface area contributed by atoms with Crippen molar-refractivity contribution in [3.63, 3.8) is 0 Å². The lowest BCUT2D eigenvalue weighted by molar-refractivity contribution is -0.115. The van der Waals surface area contributed by atoms with Crippen LogP contribution in [0.4, 0.5) is 0 Å². The summed E-state index contributed by atoms with van der Waals surface area (Å²) in [4.78, 5) is 12.9. The van der Waals surface area contributed by atoms with E-state index in [4.69, 9.17) is 4.42 Å². The average molecular weight is 322 g/mol. The van der Waals surface area contributed by atoms with Crippen LogP contribution in [0.1, 0.15) is 50.2 Å². The zero-order valence-electron chi connectivity index (χ0n) is 13.9. The van der Waals surface area contributed by atoms with Gasteiger partial charge < -0.3 is 9.52 Å². The molecule has 0 spiro atoms. The number of carbonyl (C=O) groups excluding carboxylic acids is 1. The minimum absolute atomic E-state index is 0.00166. The molecule has 24 heavy (non-hydrogen) atoms. The fourth-order valence-electron chi connectivity index (χ4n) is 3.29. The molecule has 0 aliphatic heterocycles. The van der Waals surface area contributed by atoms with Crippen LogP contribution in [0.3, 0.4) is 0 Å². The summed E-state index contributed by atoms with van der Waals surface area (Å²) in [5.74, 6) is 0.0126. The summed E-state index contributed by atoms with van der Waals surface area (Å²) < 4.78 is 5.09. The SMILES string of the molecule is CC/C1=C(/c2ccccc2)C(=C(O)c2ccoc2)C(=O)CCCC1. The molecule has 2 aromatic rings. The number of hydrogen-bond donors (Lipinski definition) is 1. The van der Waals surface area contributed by atoms with Crippen molar-refractivity contribution in [1.82, 2.24) is 0 Å². The van der Waals surface area contributed by atoms with Gasteiger partial charge in [0.15, 0.2) is 5.78 Å². The number of hydrogen-bond acceptors (Lipinski definition) is 3. The van der Waals surface area contributed by atoms with E-state index in [0.29, 0.717) is 17.6 Å². The maximum atomic E-state index is 12.9. The zero-order chi connectivity index (χ0) is 16.9. The highest BCUT2D eigenvalue weighted by Gasteiger charge is 2.26. The minimum Gasteiger partial charge on any atom is -0.506 e. The van der Waals surface area contributed by atoms with Crippen molar-refractivity contribution >= 4 is 17.1 Å². The summed E-state index contributed by atoms with van der Waals surface area (Å²) in [6.45, 7) is 2.11. The van der Waals surface area contributed by atoms with Crippen molar-refractivity contribution in [2.75, 3.05) is 0 Å². The lowest BCUT2D eigenvalue weighted by Gasteiger charge is -2.21. The summed E-state index contributed by atoms with van der Waals surface area (Å²) in [6, 6.07) is 11.6. The summed E-state index contributed by atoms with van der Waals surface area (Å²) in [5.41, 5.74) is 4.07. The Morgan fingerprint density at radius 3 is 2.54 bits per heavy atom. The molecule has 0 saturated carbocycles. The van der Waals surface area contributed by atoms with Gasteiger partial charge in [-0.1, -0.05) is 42.8 Å². The molecule has 1 aliphatic carbocycles. The number of allylic oxidation sites excluding steroid dienone is 3. The van der Waals surface area contributed by atoms with E-state index < -0.39 is 0 Å². The first-order valence-electron chi connectivity index (χ1n) is 8.49. The Morgan fingerprint density at radius 1 is 1.12 bits per heavy atom. The third-order valence-corrected chi connectivity index (χ3v) is 4.54. The van der Waals surface area contributed by atoms with Gasteiger partial charge in [-0.05, 0) is 42.9 Å². The molecular formula is C21H22O3. The Kier molecular flexibility index (Phi) is 4.99. The number of carbonyl (C=O) groups is 1. The maximum Gasteiger partial charge on any atom is 0.167 e. The second-order valence-electron chi connectivity index (χ2n) is 6.06. The first-order chi connectivity index (χ1) is 11.7. The number of aliphatic hydroxyl groups is 1. The molecule has 3 heteroatoms. The smallest absolute Gasteiger partial charge is 0.167 e. The van der Waals surface area contributed by atoms with Crippen LogP contribution in [0.2, 0.25) is 0 Å². The van der Waals surface area contributed by atoms with E-state index in [1.54, 1.807) is 6.07 Å². The van der Waals surface area contributed by atoms with Gasteiger partial charge in [0.05, 0.1) is 17.4 Å². The lowest BCUT2D eigenvalue weighted by atomic mass is 9.82. The molecule has 1 N–H and O–H groups in total. The van der Waals surface area contributed by atoms with Gasteiger partial charge in [-0.2, -0.15) is 0 Å². The van der Waals surface area contributed by atoms with Crippen LogP contribution in [0.25, 0.3) is 11.3 Å². The van der Waals surface area contributed by atoms with Gasteiger partial charge in [-0.3, -0.25) is 4.79 Å². The van der Waals surface area contributed by atoms with Crippen LogP contribution >= 0.6 is 0 Å². The summed E-state index contributed by atoms with van der Waals surface area (Å²) in [5, 5.41) is 10.8. The number of Topliss-reactive ketones (excluding diaryl/α,β-unsaturated/α-hetero) is 1. The molecule has 1 aromatic carbocycles. The van der Waals surface area contributed by atoms with Crippen LogP contribution in [0.15, 0.2) is 64.5 Å². The molecule has 0 bridgehead atoms. The van der Waals surface area contributed by atoms with E-state index >= 15 is 0 Å². The van der Waals surface area contributed by atoms with Crippen LogP contribution in [-0.4, -0.2) is 10.9 Å². The maximum absolute atomic E-state index is 12.9. The molecule has 0 radical (unpaired) electrons. The Labute approximate surface area is 142 Å². The highest BCUT2D eigenvalue weighted by atomic mass is 16.3. The number of benzene rings is 1. The largest absolute Gasteiger partial charge is 0.506 e. The molecule has 3 nitrogen and oxygen atoms in total. The second kappa shape index (κ2) is 7.35. The predicted octanol–water partition coefficient (Wildman–Crippen LogP) is 5.56. The normalized spacial score (nSPS) is 21.3. The van der Waals surface area contributed by atoms with Crippen LogP contribution < -0.4 is 0 Å². The van der Waals surface area contributed by atoms with E-state index in [-0.39, 0.29) is 11.5 Å². The topological polar surface area (TPSA) is 50.4 Å². The number of ketones is 1. The number of rotatable bonds is 3.